The highest BCUT2D eigenvalue weighted by molar-refractivity contribution is 6.12. The first kappa shape index (κ1) is 43.9. The Labute approximate surface area is 442 Å². The van der Waals surface area contributed by atoms with Crippen LogP contribution >= 0.6 is 0 Å². The molecule has 6 heteroatoms. The van der Waals surface area contributed by atoms with Gasteiger partial charge in [-0.05, 0) is 143 Å². The minimum absolute atomic E-state index is 0.0840. The SMILES string of the molecule is CC1=CC2c3cc(-c4ccc5c(c4)c4cc(N6C7=CC=CCC7=C7C=C(c8ccccc8)C=CC76)ccc4n5-c4ccc(-c5nc(-c6ccccc6)nc(-c6ccccc6)n5)cc4)ccc3N(c3ccccc3)C2C=C1. The summed E-state index contributed by atoms with van der Waals surface area (Å²) in [6.07, 6.45) is 21.9. The molecular formula is C70H50N6. The molecule has 0 amide bonds. The molecule has 5 aliphatic rings. The number of hydrogen-bond donors (Lipinski definition) is 0. The van der Waals surface area contributed by atoms with E-state index >= 15 is 0 Å². The Morgan fingerprint density at radius 1 is 0.487 bits per heavy atom. The summed E-state index contributed by atoms with van der Waals surface area (Å²) in [6.45, 7) is 2.22. The smallest absolute Gasteiger partial charge is 0.164 e. The van der Waals surface area contributed by atoms with Gasteiger partial charge in [0.15, 0.2) is 17.5 Å². The zero-order chi connectivity index (χ0) is 50.3. The first-order chi connectivity index (χ1) is 37.6. The second-order valence-electron chi connectivity index (χ2n) is 20.4. The molecule has 3 aliphatic carbocycles. The first-order valence-corrected chi connectivity index (χ1v) is 26.3. The van der Waals surface area contributed by atoms with E-state index in [0.29, 0.717) is 17.5 Å². The molecule has 0 fully saturated rings. The van der Waals surface area contributed by atoms with E-state index in [4.69, 9.17) is 15.0 Å². The molecule has 6 nitrogen and oxygen atoms in total. The Bertz CT molecular complexity index is 4140. The summed E-state index contributed by atoms with van der Waals surface area (Å²) in [5.74, 6) is 2.17. The molecule has 76 heavy (non-hydrogen) atoms. The molecule has 0 bridgehead atoms. The number of nitrogens with zero attached hydrogens (tertiary/aromatic N) is 6. The lowest BCUT2D eigenvalue weighted by atomic mass is 9.87. The number of allylic oxidation sites excluding steroid dienone is 8. The van der Waals surface area contributed by atoms with Gasteiger partial charge in [0.2, 0.25) is 0 Å². The molecule has 0 saturated carbocycles. The van der Waals surface area contributed by atoms with Gasteiger partial charge in [-0.1, -0.05) is 169 Å². The van der Waals surface area contributed by atoms with Crippen molar-refractivity contribution >= 4 is 44.4 Å². The van der Waals surface area contributed by atoms with E-state index in [1.807, 2.05) is 60.7 Å². The van der Waals surface area contributed by atoms with Gasteiger partial charge in [-0.2, -0.15) is 0 Å². The summed E-state index contributed by atoms with van der Waals surface area (Å²) in [7, 11) is 0. The van der Waals surface area contributed by atoms with Crippen molar-refractivity contribution in [2.45, 2.75) is 31.3 Å². The van der Waals surface area contributed by atoms with Crippen molar-refractivity contribution in [1.82, 2.24) is 19.5 Å². The maximum absolute atomic E-state index is 5.06. The lowest BCUT2D eigenvalue weighted by molar-refractivity contribution is 0.739. The minimum atomic E-state index is 0.0840. The molecule has 0 spiro atoms. The van der Waals surface area contributed by atoms with Crippen LogP contribution in [-0.2, 0) is 0 Å². The molecule has 4 heterocycles. The van der Waals surface area contributed by atoms with E-state index in [9.17, 15) is 0 Å². The number of para-hydroxylation sites is 1. The van der Waals surface area contributed by atoms with Gasteiger partial charge in [-0.3, -0.25) is 0 Å². The van der Waals surface area contributed by atoms with Crippen molar-refractivity contribution in [1.29, 1.82) is 0 Å². The molecule has 3 unspecified atom stereocenters. The Kier molecular flexibility index (Phi) is 10.3. The lowest BCUT2D eigenvalue weighted by Gasteiger charge is -2.30. The average molecular weight is 975 g/mol. The van der Waals surface area contributed by atoms with Crippen molar-refractivity contribution in [3.63, 3.8) is 0 Å². The van der Waals surface area contributed by atoms with Gasteiger partial charge in [0.05, 0.1) is 23.1 Å². The van der Waals surface area contributed by atoms with Gasteiger partial charge in [0, 0.05) is 61.8 Å². The highest BCUT2D eigenvalue weighted by Gasteiger charge is 2.39. The standard InChI is InChI=1S/C70H50N6/c1-45-26-35-63-57(40-45)59-42-51(30-37-65(59)74(63)53-22-12-5-13-23-53)52-31-38-66-60(43-52)61-44-55(76-62-25-15-14-24-56(62)58-41-50(29-36-64(58)76)46-16-6-2-7-17-46)34-39-67(61)75(66)54-32-27-49(28-33-54)70-72-68(47-18-8-3-9-19-47)71-69(73-70)48-20-10-4-11-21-48/h2-23,25-44,57,63-64H,24H2,1H3. The largest absolute Gasteiger partial charge is 0.333 e. The minimum Gasteiger partial charge on any atom is -0.333 e. The number of fused-ring (bicyclic) bond motifs is 8. The Morgan fingerprint density at radius 3 is 1.76 bits per heavy atom. The first-order valence-electron chi connectivity index (χ1n) is 26.3. The highest BCUT2D eigenvalue weighted by Crippen LogP contribution is 2.51. The number of benzene rings is 8. The number of anilines is 3. The zero-order valence-corrected chi connectivity index (χ0v) is 41.9. The summed E-state index contributed by atoms with van der Waals surface area (Å²) in [4.78, 5) is 20.1. The van der Waals surface area contributed by atoms with Crippen LogP contribution in [0.5, 0.6) is 0 Å². The van der Waals surface area contributed by atoms with E-state index in [1.54, 1.807) is 0 Å². The van der Waals surface area contributed by atoms with Gasteiger partial charge in [-0.25, -0.2) is 15.0 Å². The van der Waals surface area contributed by atoms with Crippen molar-refractivity contribution in [3.8, 4) is 51.0 Å². The Balaban J connectivity index is 0.870. The van der Waals surface area contributed by atoms with Crippen LogP contribution in [0.15, 0.2) is 277 Å². The van der Waals surface area contributed by atoms with E-state index in [-0.39, 0.29) is 18.0 Å². The number of hydrogen-bond acceptors (Lipinski definition) is 5. The fraction of sp³-hybridized carbons (Fsp3) is 0.0714. The molecule has 0 saturated heterocycles. The van der Waals surface area contributed by atoms with Crippen LogP contribution in [0.3, 0.4) is 0 Å². The van der Waals surface area contributed by atoms with E-state index in [1.165, 1.54) is 78.1 Å². The molecule has 0 N–H and O–H groups in total. The average Bonchev–Trinajstić information content (AvgIpc) is 4.21. The molecule has 360 valence electrons. The predicted molar refractivity (Wildman–Crippen MR) is 313 cm³/mol. The lowest BCUT2D eigenvalue weighted by Crippen LogP contribution is -2.30. The maximum atomic E-state index is 5.06. The molecule has 2 aliphatic heterocycles. The van der Waals surface area contributed by atoms with Crippen LogP contribution in [0.2, 0.25) is 0 Å². The summed E-state index contributed by atoms with van der Waals surface area (Å²) < 4.78 is 2.42. The Morgan fingerprint density at radius 2 is 1.07 bits per heavy atom. The van der Waals surface area contributed by atoms with Gasteiger partial charge in [0.25, 0.3) is 0 Å². The topological polar surface area (TPSA) is 50.1 Å². The van der Waals surface area contributed by atoms with Gasteiger partial charge < -0.3 is 14.4 Å². The normalized spacial score (nSPS) is 18.1. The fourth-order valence-corrected chi connectivity index (χ4v) is 12.3. The molecule has 15 rings (SSSR count). The van der Waals surface area contributed by atoms with Crippen molar-refractivity contribution in [2.75, 3.05) is 9.80 Å². The van der Waals surface area contributed by atoms with Crippen LogP contribution in [0.4, 0.5) is 17.1 Å². The molecular weight excluding hydrogens is 925 g/mol. The van der Waals surface area contributed by atoms with Crippen molar-refractivity contribution in [2.24, 2.45) is 0 Å². The maximum Gasteiger partial charge on any atom is 0.164 e. The molecule has 2 aromatic heterocycles. The van der Waals surface area contributed by atoms with Crippen LogP contribution in [0.25, 0.3) is 78.4 Å². The summed E-state index contributed by atoms with van der Waals surface area (Å²) in [6, 6.07) is 72.2. The quantitative estimate of drug-likeness (QED) is 0.152. The van der Waals surface area contributed by atoms with Gasteiger partial charge >= 0.3 is 0 Å². The monoisotopic (exact) mass is 974 g/mol. The molecule has 0 radical (unpaired) electrons. The fourth-order valence-electron chi connectivity index (χ4n) is 12.3. The van der Waals surface area contributed by atoms with Crippen LogP contribution in [0.1, 0.15) is 30.4 Å². The van der Waals surface area contributed by atoms with Crippen LogP contribution in [-0.4, -0.2) is 31.6 Å². The number of rotatable bonds is 8. The van der Waals surface area contributed by atoms with E-state index < -0.39 is 0 Å². The zero-order valence-electron chi connectivity index (χ0n) is 41.9. The van der Waals surface area contributed by atoms with Gasteiger partial charge in [-0.15, -0.1) is 0 Å². The van der Waals surface area contributed by atoms with E-state index in [0.717, 1.165) is 39.8 Å². The second kappa shape index (κ2) is 17.8. The van der Waals surface area contributed by atoms with E-state index in [2.05, 4.69) is 216 Å². The third-order valence-corrected chi connectivity index (χ3v) is 15.9. The summed E-state index contributed by atoms with van der Waals surface area (Å²) in [5, 5.41) is 2.40. The predicted octanol–water partition coefficient (Wildman–Crippen LogP) is 16.7. The highest BCUT2D eigenvalue weighted by atomic mass is 15.2. The van der Waals surface area contributed by atoms with Crippen LogP contribution in [0, 0.1) is 0 Å². The summed E-state index contributed by atoms with van der Waals surface area (Å²) in [5.41, 5.74) is 21.4. The second-order valence-corrected chi connectivity index (χ2v) is 20.4. The van der Waals surface area contributed by atoms with Crippen LogP contribution < -0.4 is 9.80 Å². The molecule has 8 aromatic carbocycles. The Hall–Kier alpha value is -9.65. The number of aromatic nitrogens is 4. The third kappa shape index (κ3) is 7.28. The molecule has 3 atom stereocenters. The van der Waals surface area contributed by atoms with Crippen molar-refractivity contribution in [3.05, 3.63) is 288 Å². The van der Waals surface area contributed by atoms with Crippen molar-refractivity contribution < 1.29 is 0 Å². The third-order valence-electron chi connectivity index (χ3n) is 15.9. The van der Waals surface area contributed by atoms with Gasteiger partial charge in [0.1, 0.15) is 0 Å². The summed E-state index contributed by atoms with van der Waals surface area (Å²) >= 11 is 0. The molecule has 10 aromatic rings.